The van der Waals surface area contributed by atoms with Crippen molar-refractivity contribution in [2.75, 3.05) is 32.1 Å². The maximum Gasteiger partial charge on any atom is 0.238 e. The summed E-state index contributed by atoms with van der Waals surface area (Å²) < 4.78 is 6.48. The first-order valence-electron chi connectivity index (χ1n) is 6.99. The lowest BCUT2D eigenvalue weighted by Crippen LogP contribution is -2.32. The third kappa shape index (κ3) is 4.89. The molecule has 1 N–H and O–H groups in total. The maximum absolute atomic E-state index is 12.0. The van der Waals surface area contributed by atoms with Gasteiger partial charge in [0.15, 0.2) is 0 Å². The average molecular weight is 341 g/mol. The van der Waals surface area contributed by atoms with E-state index >= 15 is 0 Å². The molecule has 1 aromatic carbocycles. The molecule has 1 fully saturated rings. The second-order valence-electron chi connectivity index (χ2n) is 5.19. The molecule has 0 bridgehead atoms. The highest BCUT2D eigenvalue weighted by atomic mass is 79.9. The van der Waals surface area contributed by atoms with Gasteiger partial charge in [-0.2, -0.15) is 0 Å². The molecular formula is C15H21BrN2O2. The molecule has 1 atom stereocenters. The summed E-state index contributed by atoms with van der Waals surface area (Å²) in [7, 11) is 1.97. The van der Waals surface area contributed by atoms with Crippen LogP contribution in [-0.2, 0) is 9.53 Å². The van der Waals surface area contributed by atoms with E-state index in [0.717, 1.165) is 42.6 Å². The molecule has 4 nitrogen and oxygen atoms in total. The van der Waals surface area contributed by atoms with Gasteiger partial charge < -0.3 is 10.1 Å². The number of rotatable bonds is 6. The van der Waals surface area contributed by atoms with Crippen molar-refractivity contribution in [3.05, 3.63) is 28.7 Å². The second-order valence-corrected chi connectivity index (χ2v) is 6.04. The number of carbonyl (C=O) groups is 1. The summed E-state index contributed by atoms with van der Waals surface area (Å²) in [6.45, 7) is 2.17. The molecule has 0 aromatic heterocycles. The van der Waals surface area contributed by atoms with Crippen LogP contribution < -0.4 is 5.32 Å². The predicted octanol–water partition coefficient (Wildman–Crippen LogP) is 2.89. The first kappa shape index (κ1) is 15.5. The van der Waals surface area contributed by atoms with Crippen molar-refractivity contribution < 1.29 is 9.53 Å². The molecule has 110 valence electrons. The van der Waals surface area contributed by atoms with Gasteiger partial charge >= 0.3 is 0 Å². The van der Waals surface area contributed by atoms with E-state index in [1.165, 1.54) is 0 Å². The topological polar surface area (TPSA) is 41.6 Å². The lowest BCUT2D eigenvalue weighted by molar-refractivity contribution is -0.117. The van der Waals surface area contributed by atoms with Crippen LogP contribution in [0.15, 0.2) is 28.7 Å². The summed E-state index contributed by atoms with van der Waals surface area (Å²) in [6.07, 6.45) is 3.69. The molecule has 0 saturated carbocycles. The maximum atomic E-state index is 12.0. The fourth-order valence-electron chi connectivity index (χ4n) is 2.31. The van der Waals surface area contributed by atoms with E-state index in [4.69, 9.17) is 4.74 Å². The largest absolute Gasteiger partial charge is 0.378 e. The normalized spacial score (nSPS) is 18.4. The van der Waals surface area contributed by atoms with E-state index in [-0.39, 0.29) is 5.91 Å². The summed E-state index contributed by atoms with van der Waals surface area (Å²) in [5.74, 6) is 0.00624. The quantitative estimate of drug-likeness (QED) is 0.865. The smallest absolute Gasteiger partial charge is 0.238 e. The Kier molecular flexibility index (Phi) is 6.01. The number of nitrogens with zero attached hydrogens (tertiary/aromatic N) is 1. The lowest BCUT2D eigenvalue weighted by atomic mass is 10.2. The van der Waals surface area contributed by atoms with Crippen LogP contribution in [0.1, 0.15) is 19.3 Å². The summed E-state index contributed by atoms with van der Waals surface area (Å²) in [6, 6.07) is 7.63. The first-order valence-corrected chi connectivity index (χ1v) is 7.79. The molecule has 1 aromatic rings. The number of benzene rings is 1. The average Bonchev–Trinajstić information content (AvgIpc) is 2.92. The minimum Gasteiger partial charge on any atom is -0.378 e. The number of hydrogen-bond acceptors (Lipinski definition) is 3. The number of halogens is 1. The van der Waals surface area contributed by atoms with Crippen LogP contribution in [0.4, 0.5) is 5.69 Å². The Balaban J connectivity index is 1.72. The van der Waals surface area contributed by atoms with Crippen LogP contribution in [0.3, 0.4) is 0 Å². The summed E-state index contributed by atoms with van der Waals surface area (Å²) in [4.78, 5) is 14.0. The van der Waals surface area contributed by atoms with Gasteiger partial charge in [-0.25, -0.2) is 0 Å². The molecule has 1 unspecified atom stereocenters. The third-order valence-corrected chi connectivity index (χ3v) is 4.11. The number of para-hydroxylation sites is 1. The number of hydrogen-bond donors (Lipinski definition) is 1. The van der Waals surface area contributed by atoms with Gasteiger partial charge in [0.25, 0.3) is 0 Å². The van der Waals surface area contributed by atoms with Crippen LogP contribution in [0.25, 0.3) is 0 Å². The van der Waals surface area contributed by atoms with E-state index in [1.54, 1.807) is 0 Å². The SMILES string of the molecule is CN(CCC1CCCO1)CC(=O)Nc1ccccc1Br. The number of likely N-dealkylation sites (N-methyl/N-ethyl adjacent to an activating group) is 1. The molecule has 1 heterocycles. The zero-order valence-corrected chi connectivity index (χ0v) is 13.4. The molecule has 1 aliphatic rings. The predicted molar refractivity (Wildman–Crippen MR) is 83.9 cm³/mol. The van der Waals surface area contributed by atoms with E-state index < -0.39 is 0 Å². The van der Waals surface area contributed by atoms with Gasteiger partial charge in [0, 0.05) is 17.6 Å². The molecule has 1 amide bonds. The Labute approximate surface area is 128 Å². The Morgan fingerprint density at radius 1 is 1.50 bits per heavy atom. The highest BCUT2D eigenvalue weighted by molar-refractivity contribution is 9.10. The van der Waals surface area contributed by atoms with Crippen molar-refractivity contribution in [1.82, 2.24) is 4.90 Å². The zero-order valence-electron chi connectivity index (χ0n) is 11.8. The summed E-state index contributed by atoms with van der Waals surface area (Å²) in [5.41, 5.74) is 0.810. The van der Waals surface area contributed by atoms with Crippen molar-refractivity contribution in [2.24, 2.45) is 0 Å². The van der Waals surface area contributed by atoms with E-state index in [0.29, 0.717) is 12.6 Å². The van der Waals surface area contributed by atoms with E-state index in [9.17, 15) is 4.79 Å². The van der Waals surface area contributed by atoms with Crippen molar-refractivity contribution in [1.29, 1.82) is 0 Å². The molecule has 5 heteroatoms. The number of anilines is 1. The Hall–Kier alpha value is -0.910. The third-order valence-electron chi connectivity index (χ3n) is 3.42. The molecule has 0 aliphatic carbocycles. The highest BCUT2D eigenvalue weighted by Gasteiger charge is 2.16. The Morgan fingerprint density at radius 2 is 2.30 bits per heavy atom. The van der Waals surface area contributed by atoms with Gasteiger partial charge in [0.2, 0.25) is 5.91 Å². The van der Waals surface area contributed by atoms with E-state index in [2.05, 4.69) is 21.2 Å². The van der Waals surface area contributed by atoms with Crippen molar-refractivity contribution in [3.63, 3.8) is 0 Å². The minimum absolute atomic E-state index is 0.00624. The number of amides is 1. The van der Waals surface area contributed by atoms with Crippen LogP contribution in [0.2, 0.25) is 0 Å². The Bertz CT molecular complexity index is 447. The fourth-order valence-corrected chi connectivity index (χ4v) is 2.70. The van der Waals surface area contributed by atoms with Gasteiger partial charge in [0.1, 0.15) is 0 Å². The molecule has 1 aliphatic heterocycles. The highest BCUT2D eigenvalue weighted by Crippen LogP contribution is 2.21. The van der Waals surface area contributed by atoms with Gasteiger partial charge in [-0.15, -0.1) is 0 Å². The second kappa shape index (κ2) is 7.76. The van der Waals surface area contributed by atoms with Crippen molar-refractivity contribution in [2.45, 2.75) is 25.4 Å². The molecule has 0 radical (unpaired) electrons. The van der Waals surface area contributed by atoms with Crippen molar-refractivity contribution in [3.8, 4) is 0 Å². The number of ether oxygens (including phenoxy) is 1. The molecule has 1 saturated heterocycles. The van der Waals surface area contributed by atoms with Gasteiger partial charge in [-0.3, -0.25) is 9.69 Å². The van der Waals surface area contributed by atoms with Gasteiger partial charge in [-0.05, 0) is 54.4 Å². The number of carbonyl (C=O) groups excluding carboxylic acids is 1. The molecule has 2 rings (SSSR count). The number of nitrogens with one attached hydrogen (secondary N) is 1. The first-order chi connectivity index (χ1) is 9.65. The Morgan fingerprint density at radius 3 is 3.00 bits per heavy atom. The standard InChI is InChI=1S/C15H21BrN2O2/c1-18(9-8-12-5-4-10-20-12)11-15(19)17-14-7-3-2-6-13(14)16/h2-3,6-7,12H,4-5,8-11H2,1H3,(H,17,19). The molecular weight excluding hydrogens is 320 g/mol. The molecule has 0 spiro atoms. The van der Waals surface area contributed by atoms with Crippen LogP contribution in [-0.4, -0.2) is 43.7 Å². The monoisotopic (exact) mass is 340 g/mol. The van der Waals surface area contributed by atoms with E-state index in [1.807, 2.05) is 36.2 Å². The summed E-state index contributed by atoms with van der Waals surface area (Å²) in [5, 5.41) is 2.91. The lowest BCUT2D eigenvalue weighted by Gasteiger charge is -2.18. The van der Waals surface area contributed by atoms with Crippen molar-refractivity contribution >= 4 is 27.5 Å². The minimum atomic E-state index is 0.00624. The van der Waals surface area contributed by atoms with Gasteiger partial charge in [-0.1, -0.05) is 12.1 Å². The van der Waals surface area contributed by atoms with Crippen LogP contribution in [0, 0.1) is 0 Å². The van der Waals surface area contributed by atoms with Crippen LogP contribution in [0.5, 0.6) is 0 Å². The molecule has 20 heavy (non-hydrogen) atoms. The summed E-state index contributed by atoms with van der Waals surface area (Å²) >= 11 is 3.42. The zero-order chi connectivity index (χ0) is 14.4. The fraction of sp³-hybridized carbons (Fsp3) is 0.533. The van der Waals surface area contributed by atoms with Gasteiger partial charge in [0.05, 0.1) is 18.3 Å². The van der Waals surface area contributed by atoms with Crippen LogP contribution >= 0.6 is 15.9 Å².